The molecule has 1 unspecified atom stereocenters. The summed E-state index contributed by atoms with van der Waals surface area (Å²) >= 11 is 0. The van der Waals surface area contributed by atoms with Crippen molar-refractivity contribution >= 4 is 11.8 Å². The maximum Gasteiger partial charge on any atom is 0.249 e. The summed E-state index contributed by atoms with van der Waals surface area (Å²) in [4.78, 5) is 26.0. The molecule has 0 aromatic carbocycles. The molecule has 2 rings (SSSR count). The van der Waals surface area contributed by atoms with Crippen LogP contribution in [0.1, 0.15) is 39.5 Å². The van der Waals surface area contributed by atoms with Gasteiger partial charge in [0, 0.05) is 0 Å². The highest BCUT2D eigenvalue weighted by molar-refractivity contribution is 6.00. The molecule has 1 N–H and O–H groups in total. The van der Waals surface area contributed by atoms with Gasteiger partial charge in [0.2, 0.25) is 11.8 Å². The number of piperazine rings is 1. The van der Waals surface area contributed by atoms with E-state index in [1.165, 1.54) is 0 Å². The summed E-state index contributed by atoms with van der Waals surface area (Å²) in [5.41, 5.74) is -0.626. The second-order valence-corrected chi connectivity index (χ2v) is 4.81. The maximum absolute atomic E-state index is 12.5. The molecule has 1 heterocycles. The van der Waals surface area contributed by atoms with Gasteiger partial charge in [-0.3, -0.25) is 9.59 Å². The van der Waals surface area contributed by atoms with Gasteiger partial charge in [0.25, 0.3) is 0 Å². The first-order valence-corrected chi connectivity index (χ1v) is 6.13. The molecule has 0 aromatic rings. The monoisotopic (exact) mass is 234 g/mol. The van der Waals surface area contributed by atoms with Gasteiger partial charge in [-0.25, -0.2) is 0 Å². The van der Waals surface area contributed by atoms with Crippen molar-refractivity contribution in [3.05, 3.63) is 0 Å². The van der Waals surface area contributed by atoms with E-state index in [9.17, 15) is 9.59 Å². The maximum atomic E-state index is 12.5. The summed E-state index contributed by atoms with van der Waals surface area (Å²) in [5.74, 6) is 5.65. The molecule has 0 radical (unpaired) electrons. The zero-order valence-corrected chi connectivity index (χ0v) is 10.4. The van der Waals surface area contributed by atoms with Gasteiger partial charge in [0.15, 0.2) is 0 Å². The minimum atomic E-state index is -0.626. The van der Waals surface area contributed by atoms with Crippen molar-refractivity contribution in [1.29, 1.82) is 0 Å². The Morgan fingerprint density at radius 1 is 1.41 bits per heavy atom. The number of hydrogen-bond acceptors (Lipinski definition) is 2. The largest absolute Gasteiger partial charge is 0.340 e. The molecule has 2 amide bonds. The predicted octanol–water partition coefficient (Wildman–Crippen LogP) is 0.669. The van der Waals surface area contributed by atoms with Crippen LogP contribution in [0, 0.1) is 11.8 Å². The molecule has 1 aliphatic heterocycles. The third kappa shape index (κ3) is 1.90. The first kappa shape index (κ1) is 12.0. The summed E-state index contributed by atoms with van der Waals surface area (Å²) in [6, 6.07) is -0.408. The highest BCUT2D eigenvalue weighted by Gasteiger charge is 2.50. The van der Waals surface area contributed by atoms with Crippen molar-refractivity contribution in [2.24, 2.45) is 0 Å². The highest BCUT2D eigenvalue weighted by Crippen LogP contribution is 2.34. The molecule has 0 bridgehead atoms. The normalized spacial score (nSPS) is 26.7. The Kier molecular flexibility index (Phi) is 3.10. The Hall–Kier alpha value is -1.50. The van der Waals surface area contributed by atoms with Crippen molar-refractivity contribution < 1.29 is 9.59 Å². The molecule has 2 fully saturated rings. The fourth-order valence-corrected chi connectivity index (χ4v) is 2.68. The SMILES string of the molecule is CC#CCN1C(=O)C2(CCCC2)NC(=O)C1C. The number of nitrogens with one attached hydrogen (secondary N) is 1. The van der Waals surface area contributed by atoms with Gasteiger partial charge in [-0.15, -0.1) is 5.92 Å². The van der Waals surface area contributed by atoms with E-state index in [0.29, 0.717) is 6.54 Å². The lowest BCUT2D eigenvalue weighted by molar-refractivity contribution is -0.153. The summed E-state index contributed by atoms with van der Waals surface area (Å²) in [7, 11) is 0. The van der Waals surface area contributed by atoms with E-state index in [4.69, 9.17) is 0 Å². The van der Waals surface area contributed by atoms with Crippen LogP contribution in [0.3, 0.4) is 0 Å². The Morgan fingerprint density at radius 2 is 2.06 bits per heavy atom. The van der Waals surface area contributed by atoms with Gasteiger partial charge >= 0.3 is 0 Å². The second-order valence-electron chi connectivity index (χ2n) is 4.81. The van der Waals surface area contributed by atoms with Crippen molar-refractivity contribution in [3.63, 3.8) is 0 Å². The first-order valence-electron chi connectivity index (χ1n) is 6.13. The van der Waals surface area contributed by atoms with Crippen molar-refractivity contribution in [3.8, 4) is 11.8 Å². The number of rotatable bonds is 1. The van der Waals surface area contributed by atoms with Gasteiger partial charge in [-0.2, -0.15) is 0 Å². The summed E-state index contributed by atoms with van der Waals surface area (Å²) in [6.07, 6.45) is 3.54. The van der Waals surface area contributed by atoms with E-state index in [1.54, 1.807) is 18.7 Å². The lowest BCUT2D eigenvalue weighted by atomic mass is 9.91. The average molecular weight is 234 g/mol. The van der Waals surface area contributed by atoms with E-state index < -0.39 is 11.6 Å². The Balaban J connectivity index is 2.25. The van der Waals surface area contributed by atoms with Crippen LogP contribution in [0.25, 0.3) is 0 Å². The Bertz CT molecular complexity index is 399. The van der Waals surface area contributed by atoms with E-state index in [2.05, 4.69) is 17.2 Å². The van der Waals surface area contributed by atoms with Gasteiger partial charge in [0.05, 0.1) is 6.54 Å². The fraction of sp³-hybridized carbons (Fsp3) is 0.692. The Labute approximate surface area is 102 Å². The molecule has 92 valence electrons. The highest BCUT2D eigenvalue weighted by atomic mass is 16.2. The lowest BCUT2D eigenvalue weighted by Crippen LogP contribution is -2.68. The lowest BCUT2D eigenvalue weighted by Gasteiger charge is -2.42. The van der Waals surface area contributed by atoms with Crippen LogP contribution in [-0.2, 0) is 9.59 Å². The minimum Gasteiger partial charge on any atom is -0.340 e. The number of amides is 2. The topological polar surface area (TPSA) is 49.4 Å². The van der Waals surface area contributed by atoms with Gasteiger partial charge in [-0.05, 0) is 26.7 Å². The third-order valence-electron chi connectivity index (χ3n) is 3.76. The molecule has 1 atom stereocenters. The second kappa shape index (κ2) is 4.40. The van der Waals surface area contributed by atoms with Crippen LogP contribution in [-0.4, -0.2) is 34.8 Å². The molecular weight excluding hydrogens is 216 g/mol. The van der Waals surface area contributed by atoms with Gasteiger partial charge < -0.3 is 10.2 Å². The predicted molar refractivity (Wildman–Crippen MR) is 64.0 cm³/mol. The van der Waals surface area contributed by atoms with Crippen molar-refractivity contribution in [2.75, 3.05) is 6.54 Å². The van der Waals surface area contributed by atoms with Crippen molar-refractivity contribution in [2.45, 2.75) is 51.1 Å². The van der Waals surface area contributed by atoms with Gasteiger partial charge in [0.1, 0.15) is 11.6 Å². The summed E-state index contributed by atoms with van der Waals surface area (Å²) in [6.45, 7) is 3.85. The molecule has 4 nitrogen and oxygen atoms in total. The van der Waals surface area contributed by atoms with Crippen LogP contribution in [0.2, 0.25) is 0 Å². The molecule has 1 saturated heterocycles. The molecule has 4 heteroatoms. The van der Waals surface area contributed by atoms with E-state index >= 15 is 0 Å². The number of carbonyl (C=O) groups excluding carboxylic acids is 2. The molecule has 0 aromatic heterocycles. The van der Waals surface area contributed by atoms with E-state index in [0.717, 1.165) is 25.7 Å². The van der Waals surface area contributed by atoms with Crippen LogP contribution in [0.5, 0.6) is 0 Å². The quantitative estimate of drug-likeness (QED) is 0.678. The van der Waals surface area contributed by atoms with E-state index in [1.807, 2.05) is 0 Å². The third-order valence-corrected chi connectivity index (χ3v) is 3.76. The summed E-state index contributed by atoms with van der Waals surface area (Å²) in [5, 5.41) is 2.92. The minimum absolute atomic E-state index is 0.0462. The molecular formula is C13H18N2O2. The van der Waals surface area contributed by atoms with Crippen LogP contribution in [0.15, 0.2) is 0 Å². The molecule has 17 heavy (non-hydrogen) atoms. The average Bonchev–Trinajstić information content (AvgIpc) is 2.76. The van der Waals surface area contributed by atoms with Gasteiger partial charge in [-0.1, -0.05) is 18.8 Å². The molecule has 1 spiro atoms. The van der Waals surface area contributed by atoms with Crippen molar-refractivity contribution in [1.82, 2.24) is 10.2 Å². The zero-order chi connectivity index (χ0) is 12.5. The molecule has 1 saturated carbocycles. The van der Waals surface area contributed by atoms with Crippen LogP contribution < -0.4 is 5.32 Å². The Morgan fingerprint density at radius 3 is 2.65 bits per heavy atom. The van der Waals surface area contributed by atoms with Crippen LogP contribution >= 0.6 is 0 Å². The van der Waals surface area contributed by atoms with Crippen LogP contribution in [0.4, 0.5) is 0 Å². The van der Waals surface area contributed by atoms with E-state index in [-0.39, 0.29) is 11.8 Å². The summed E-state index contributed by atoms with van der Waals surface area (Å²) < 4.78 is 0. The molecule has 1 aliphatic carbocycles. The number of hydrogen-bond donors (Lipinski definition) is 1. The number of nitrogens with zero attached hydrogens (tertiary/aromatic N) is 1. The standard InChI is InChI=1S/C13H18N2O2/c1-3-4-9-15-10(2)11(16)14-13(12(15)17)7-5-6-8-13/h10H,5-9H2,1-2H3,(H,14,16). The fourth-order valence-electron chi connectivity index (χ4n) is 2.68. The first-order chi connectivity index (χ1) is 8.10. The zero-order valence-electron chi connectivity index (χ0n) is 10.4. The smallest absolute Gasteiger partial charge is 0.249 e. The number of carbonyl (C=O) groups is 2. The molecule has 2 aliphatic rings.